The zero-order chi connectivity index (χ0) is 10.6. The van der Waals surface area contributed by atoms with E-state index in [-0.39, 0.29) is 0 Å². The van der Waals surface area contributed by atoms with Gasteiger partial charge in [-0.15, -0.1) is 0 Å². The highest BCUT2D eigenvalue weighted by atomic mass is 15.1. The number of aromatic amines is 1. The Labute approximate surface area is 86.5 Å². The van der Waals surface area contributed by atoms with Crippen LogP contribution in [0.2, 0.25) is 0 Å². The average molecular weight is 195 g/mol. The fourth-order valence-corrected chi connectivity index (χ4v) is 1.47. The summed E-state index contributed by atoms with van der Waals surface area (Å²) in [4.78, 5) is 5.48. The second-order valence-corrected chi connectivity index (χ2v) is 4.17. The van der Waals surface area contributed by atoms with Gasteiger partial charge in [-0.25, -0.2) is 0 Å². The van der Waals surface area contributed by atoms with Gasteiger partial charge < -0.3 is 10.3 Å². The minimum Gasteiger partial charge on any atom is -0.364 e. The van der Waals surface area contributed by atoms with E-state index >= 15 is 0 Å². The Morgan fingerprint density at radius 2 is 2.14 bits per heavy atom. The normalized spacial score (nSPS) is 13.9. The molecule has 3 nitrogen and oxygen atoms in total. The van der Waals surface area contributed by atoms with Gasteiger partial charge in [-0.05, 0) is 26.2 Å². The summed E-state index contributed by atoms with van der Waals surface area (Å²) in [6.07, 6.45) is 1.97. The first kappa shape index (κ1) is 11.3. The van der Waals surface area contributed by atoms with Crippen molar-refractivity contribution in [1.29, 1.82) is 0 Å². The second kappa shape index (κ2) is 5.17. The highest BCUT2D eigenvalue weighted by molar-refractivity contribution is 5.09. The van der Waals surface area contributed by atoms with E-state index in [4.69, 9.17) is 0 Å². The summed E-state index contributed by atoms with van der Waals surface area (Å²) in [5, 5.41) is 3.45. The molecule has 1 aromatic rings. The molecule has 1 heterocycles. The molecule has 1 aromatic heterocycles. The van der Waals surface area contributed by atoms with Crippen molar-refractivity contribution < 1.29 is 0 Å². The Morgan fingerprint density at radius 1 is 1.43 bits per heavy atom. The van der Waals surface area contributed by atoms with Crippen LogP contribution < -0.4 is 5.32 Å². The fraction of sp³-hybridized carbons (Fsp3) is 0.636. The zero-order valence-electron chi connectivity index (χ0n) is 9.54. The van der Waals surface area contributed by atoms with Crippen LogP contribution in [0.1, 0.15) is 25.6 Å². The van der Waals surface area contributed by atoms with Gasteiger partial charge in [0.2, 0.25) is 0 Å². The van der Waals surface area contributed by atoms with E-state index in [1.165, 1.54) is 5.69 Å². The van der Waals surface area contributed by atoms with Gasteiger partial charge in [0, 0.05) is 24.5 Å². The summed E-state index contributed by atoms with van der Waals surface area (Å²) in [5.41, 5.74) is 1.27. The van der Waals surface area contributed by atoms with Crippen molar-refractivity contribution in [2.75, 3.05) is 20.6 Å². The van der Waals surface area contributed by atoms with Crippen molar-refractivity contribution in [2.45, 2.75) is 25.9 Å². The third-order valence-corrected chi connectivity index (χ3v) is 2.32. The maximum atomic E-state index is 3.45. The largest absolute Gasteiger partial charge is 0.364 e. The summed E-state index contributed by atoms with van der Waals surface area (Å²) in [7, 11) is 4.21. The number of hydrogen-bond donors (Lipinski definition) is 2. The predicted octanol–water partition coefficient (Wildman–Crippen LogP) is 1.62. The molecular formula is C11H21N3. The monoisotopic (exact) mass is 195 g/mol. The number of likely N-dealkylation sites (N-methyl/N-ethyl adjacent to an activating group) is 1. The zero-order valence-corrected chi connectivity index (χ0v) is 9.54. The molecule has 2 N–H and O–H groups in total. The number of nitrogens with one attached hydrogen (secondary N) is 2. The molecule has 0 spiro atoms. The molecule has 0 aliphatic carbocycles. The molecule has 0 saturated carbocycles. The molecule has 0 fully saturated rings. The molecule has 0 amide bonds. The molecule has 14 heavy (non-hydrogen) atoms. The lowest BCUT2D eigenvalue weighted by atomic mass is 10.2. The van der Waals surface area contributed by atoms with Gasteiger partial charge in [0.05, 0.1) is 6.04 Å². The van der Waals surface area contributed by atoms with Gasteiger partial charge in [0.25, 0.3) is 0 Å². The van der Waals surface area contributed by atoms with E-state index in [1.54, 1.807) is 0 Å². The van der Waals surface area contributed by atoms with Crippen LogP contribution in [0, 0.1) is 0 Å². The Kier molecular flexibility index (Phi) is 4.17. The molecule has 1 atom stereocenters. The number of H-pyrrole nitrogens is 1. The average Bonchev–Trinajstić information content (AvgIpc) is 2.56. The van der Waals surface area contributed by atoms with Gasteiger partial charge in [-0.3, -0.25) is 4.90 Å². The van der Waals surface area contributed by atoms with E-state index in [9.17, 15) is 0 Å². The molecule has 3 heteroatoms. The summed E-state index contributed by atoms with van der Waals surface area (Å²) in [6.45, 7) is 5.31. The van der Waals surface area contributed by atoms with Crippen molar-refractivity contribution >= 4 is 0 Å². The van der Waals surface area contributed by atoms with Crippen LogP contribution in [0.5, 0.6) is 0 Å². The lowest BCUT2D eigenvalue weighted by molar-refractivity contribution is 0.278. The van der Waals surface area contributed by atoms with Gasteiger partial charge in [0.15, 0.2) is 0 Å². The number of hydrogen-bond acceptors (Lipinski definition) is 2. The van der Waals surface area contributed by atoms with Crippen molar-refractivity contribution in [1.82, 2.24) is 15.2 Å². The Bertz CT molecular complexity index is 239. The van der Waals surface area contributed by atoms with Crippen LogP contribution >= 0.6 is 0 Å². The highest BCUT2D eigenvalue weighted by Crippen LogP contribution is 2.14. The molecule has 1 unspecified atom stereocenters. The lowest BCUT2D eigenvalue weighted by Gasteiger charge is -2.24. The predicted molar refractivity (Wildman–Crippen MR) is 60.4 cm³/mol. The molecule has 0 aliphatic rings. The van der Waals surface area contributed by atoms with E-state index in [2.05, 4.69) is 49.2 Å². The Balaban J connectivity index is 2.57. The number of rotatable bonds is 5. The van der Waals surface area contributed by atoms with E-state index in [0.717, 1.165) is 6.54 Å². The lowest BCUT2D eigenvalue weighted by Crippen LogP contribution is -2.34. The maximum Gasteiger partial charge on any atom is 0.0619 e. The SMILES string of the molecule is CC(C)NCC(c1ccc[nH]1)N(C)C. The quantitative estimate of drug-likeness (QED) is 0.748. The molecule has 0 radical (unpaired) electrons. The Hall–Kier alpha value is -0.800. The van der Waals surface area contributed by atoms with Crippen LogP contribution in [-0.4, -0.2) is 36.6 Å². The van der Waals surface area contributed by atoms with Crippen molar-refractivity contribution in [3.05, 3.63) is 24.0 Å². The van der Waals surface area contributed by atoms with Gasteiger partial charge >= 0.3 is 0 Å². The van der Waals surface area contributed by atoms with Gasteiger partial charge in [-0.1, -0.05) is 13.8 Å². The summed E-state index contributed by atoms with van der Waals surface area (Å²) >= 11 is 0. The maximum absolute atomic E-state index is 3.45. The van der Waals surface area contributed by atoms with Crippen LogP contribution in [0.4, 0.5) is 0 Å². The molecule has 0 aliphatic heterocycles. The molecular weight excluding hydrogens is 174 g/mol. The number of aromatic nitrogens is 1. The van der Waals surface area contributed by atoms with E-state index in [0.29, 0.717) is 12.1 Å². The van der Waals surface area contributed by atoms with Crippen LogP contribution in [0.3, 0.4) is 0 Å². The van der Waals surface area contributed by atoms with E-state index in [1.807, 2.05) is 12.3 Å². The smallest absolute Gasteiger partial charge is 0.0619 e. The van der Waals surface area contributed by atoms with Gasteiger partial charge in [0.1, 0.15) is 0 Å². The first-order valence-corrected chi connectivity index (χ1v) is 5.14. The van der Waals surface area contributed by atoms with Crippen molar-refractivity contribution in [3.8, 4) is 0 Å². The summed E-state index contributed by atoms with van der Waals surface area (Å²) in [5.74, 6) is 0. The third kappa shape index (κ3) is 3.16. The fourth-order valence-electron chi connectivity index (χ4n) is 1.47. The van der Waals surface area contributed by atoms with Crippen LogP contribution in [0.15, 0.2) is 18.3 Å². The van der Waals surface area contributed by atoms with Gasteiger partial charge in [-0.2, -0.15) is 0 Å². The van der Waals surface area contributed by atoms with Crippen LogP contribution in [0.25, 0.3) is 0 Å². The third-order valence-electron chi connectivity index (χ3n) is 2.32. The first-order valence-electron chi connectivity index (χ1n) is 5.14. The molecule has 0 aromatic carbocycles. The minimum atomic E-state index is 0.424. The molecule has 80 valence electrons. The number of nitrogens with zero attached hydrogens (tertiary/aromatic N) is 1. The first-order chi connectivity index (χ1) is 6.61. The molecule has 0 saturated heterocycles. The Morgan fingerprint density at radius 3 is 2.57 bits per heavy atom. The minimum absolute atomic E-state index is 0.424. The highest BCUT2D eigenvalue weighted by Gasteiger charge is 2.14. The molecule has 0 bridgehead atoms. The van der Waals surface area contributed by atoms with E-state index < -0.39 is 0 Å². The van der Waals surface area contributed by atoms with Crippen molar-refractivity contribution in [2.24, 2.45) is 0 Å². The summed E-state index contributed by atoms with van der Waals surface area (Å²) in [6, 6.07) is 5.13. The standard InChI is InChI=1S/C11H21N3/c1-9(2)13-8-11(14(3)4)10-6-5-7-12-10/h5-7,9,11-13H,8H2,1-4H3. The van der Waals surface area contributed by atoms with Crippen molar-refractivity contribution in [3.63, 3.8) is 0 Å². The summed E-state index contributed by atoms with van der Waals surface area (Å²) < 4.78 is 0. The van der Waals surface area contributed by atoms with Crippen LogP contribution in [-0.2, 0) is 0 Å². The topological polar surface area (TPSA) is 31.1 Å². The second-order valence-electron chi connectivity index (χ2n) is 4.17. The molecule has 1 rings (SSSR count).